The van der Waals surface area contributed by atoms with Crippen LogP contribution in [0.3, 0.4) is 0 Å². The van der Waals surface area contributed by atoms with Crippen LogP contribution in [0.25, 0.3) is 0 Å². The summed E-state index contributed by atoms with van der Waals surface area (Å²) in [5, 5.41) is 16.9. The van der Waals surface area contributed by atoms with Gasteiger partial charge in [-0.2, -0.15) is 4.98 Å². The molecule has 1 aliphatic heterocycles. The van der Waals surface area contributed by atoms with Crippen molar-refractivity contribution in [1.29, 1.82) is 0 Å². The molecule has 0 unspecified atom stereocenters. The third-order valence-corrected chi connectivity index (χ3v) is 7.11. The average Bonchev–Trinajstić information content (AvgIpc) is 2.86. The maximum Gasteiger partial charge on any atom is 0.229 e. The fraction of sp³-hybridized carbons (Fsp3) is 0.407. The molecule has 2 aromatic carbocycles. The molecule has 37 heavy (non-hydrogen) atoms. The lowest BCUT2D eigenvalue weighted by molar-refractivity contribution is 0.0793. The van der Waals surface area contributed by atoms with Crippen molar-refractivity contribution in [3.8, 4) is 5.75 Å². The van der Waals surface area contributed by atoms with Crippen molar-refractivity contribution < 1.29 is 19.0 Å². The molecule has 4 rings (SSSR count). The van der Waals surface area contributed by atoms with Crippen molar-refractivity contribution >= 4 is 44.8 Å². The lowest BCUT2D eigenvalue weighted by atomic mass is 9.96. The average molecular weight is 574 g/mol. The Labute approximate surface area is 225 Å². The number of rotatable bonds is 8. The van der Waals surface area contributed by atoms with E-state index in [1.54, 1.807) is 40.3 Å². The van der Waals surface area contributed by atoms with Crippen molar-refractivity contribution in [3.63, 3.8) is 0 Å². The Balaban J connectivity index is 1.59. The van der Waals surface area contributed by atoms with Crippen LogP contribution in [0, 0.1) is 12.7 Å². The molecule has 0 bridgehead atoms. The second kappa shape index (κ2) is 11.2. The number of hydrogen-bond donors (Lipinski definition) is 3. The minimum absolute atomic E-state index is 0.300. The summed E-state index contributed by atoms with van der Waals surface area (Å²) in [7, 11) is 3.43. The zero-order valence-corrected chi connectivity index (χ0v) is 23.3. The number of hydrogen-bond acceptors (Lipinski definition) is 8. The van der Waals surface area contributed by atoms with Gasteiger partial charge in [-0.25, -0.2) is 9.37 Å². The molecular formula is C27H33BrFN5O3. The van der Waals surface area contributed by atoms with E-state index in [-0.39, 0.29) is 0 Å². The van der Waals surface area contributed by atoms with E-state index in [0.717, 1.165) is 48.6 Å². The highest BCUT2D eigenvalue weighted by Gasteiger charge is 2.23. The lowest BCUT2D eigenvalue weighted by Crippen LogP contribution is -2.36. The lowest BCUT2D eigenvalue weighted by Gasteiger charge is -2.34. The minimum Gasteiger partial charge on any atom is -0.495 e. The Morgan fingerprint density at radius 3 is 2.49 bits per heavy atom. The summed E-state index contributed by atoms with van der Waals surface area (Å²) < 4.78 is 25.9. The Kier molecular flexibility index (Phi) is 8.20. The molecule has 3 aromatic rings. The fourth-order valence-corrected chi connectivity index (χ4v) is 4.76. The van der Waals surface area contributed by atoms with Crippen molar-refractivity contribution in [2.75, 3.05) is 42.8 Å². The highest BCUT2D eigenvalue weighted by atomic mass is 79.9. The number of aromatic nitrogens is 2. The predicted molar refractivity (Wildman–Crippen MR) is 148 cm³/mol. The van der Waals surface area contributed by atoms with Crippen molar-refractivity contribution in [2.45, 2.75) is 45.3 Å². The molecule has 8 nitrogen and oxygen atoms in total. The van der Waals surface area contributed by atoms with Gasteiger partial charge >= 0.3 is 0 Å². The van der Waals surface area contributed by atoms with Crippen LogP contribution in [0.2, 0.25) is 0 Å². The molecule has 0 aliphatic carbocycles. The van der Waals surface area contributed by atoms with Gasteiger partial charge in [0, 0.05) is 49.4 Å². The van der Waals surface area contributed by atoms with Gasteiger partial charge in [0.05, 0.1) is 29.0 Å². The van der Waals surface area contributed by atoms with E-state index in [1.807, 2.05) is 13.0 Å². The molecule has 0 radical (unpaired) electrons. The van der Waals surface area contributed by atoms with Crippen LogP contribution in [-0.4, -0.2) is 48.5 Å². The fourth-order valence-electron chi connectivity index (χ4n) is 4.47. The first kappa shape index (κ1) is 27.1. The van der Waals surface area contributed by atoms with Crippen molar-refractivity contribution in [1.82, 2.24) is 9.97 Å². The smallest absolute Gasteiger partial charge is 0.229 e. The van der Waals surface area contributed by atoms with E-state index in [4.69, 9.17) is 9.47 Å². The van der Waals surface area contributed by atoms with Crippen molar-refractivity contribution in [2.24, 2.45) is 0 Å². The third-order valence-electron chi connectivity index (χ3n) is 6.53. The number of anilines is 5. The van der Waals surface area contributed by atoms with Gasteiger partial charge in [-0.05, 0) is 73.3 Å². The van der Waals surface area contributed by atoms with Gasteiger partial charge in [0.15, 0.2) is 0 Å². The Morgan fingerprint density at radius 2 is 1.84 bits per heavy atom. The van der Waals surface area contributed by atoms with Crippen LogP contribution in [-0.2, 0) is 10.3 Å². The molecule has 1 aliphatic rings. The van der Waals surface area contributed by atoms with Crippen LogP contribution < -0.4 is 20.3 Å². The Bertz CT molecular complexity index is 1260. The summed E-state index contributed by atoms with van der Waals surface area (Å²) in [6.45, 7) is 7.12. The van der Waals surface area contributed by atoms with Crippen LogP contribution in [0.1, 0.15) is 37.8 Å². The highest BCUT2D eigenvalue weighted by Crippen LogP contribution is 2.37. The molecule has 0 amide bonds. The van der Waals surface area contributed by atoms with Crippen molar-refractivity contribution in [3.05, 3.63) is 57.9 Å². The monoisotopic (exact) mass is 573 g/mol. The summed E-state index contributed by atoms with van der Waals surface area (Å²) in [4.78, 5) is 11.3. The normalized spacial score (nSPS) is 14.5. The number of nitrogens with one attached hydrogen (secondary N) is 2. The van der Waals surface area contributed by atoms with Crippen LogP contribution in [0.5, 0.6) is 5.75 Å². The first-order valence-corrected chi connectivity index (χ1v) is 12.9. The number of halogens is 2. The largest absolute Gasteiger partial charge is 0.495 e. The van der Waals surface area contributed by atoms with E-state index >= 15 is 0 Å². The molecular weight excluding hydrogens is 541 g/mol. The van der Waals surface area contributed by atoms with Crippen LogP contribution in [0.15, 0.2) is 41.0 Å². The van der Waals surface area contributed by atoms with Gasteiger partial charge < -0.3 is 30.1 Å². The number of nitrogens with zero attached hydrogens (tertiary/aromatic N) is 3. The van der Waals surface area contributed by atoms with E-state index in [2.05, 4.69) is 47.5 Å². The topological polar surface area (TPSA) is 91.8 Å². The molecule has 1 aromatic heterocycles. The maximum absolute atomic E-state index is 14.0. The third kappa shape index (κ3) is 6.31. The van der Waals surface area contributed by atoms with E-state index in [9.17, 15) is 9.50 Å². The zero-order chi connectivity index (χ0) is 26.7. The number of methoxy groups -OCH3 is 2. The molecule has 198 valence electrons. The predicted octanol–water partition coefficient (Wildman–Crippen LogP) is 6.03. The quantitative estimate of drug-likeness (QED) is 0.301. The molecule has 10 heteroatoms. The molecule has 2 heterocycles. The second-order valence-electron chi connectivity index (χ2n) is 9.65. The van der Waals surface area contributed by atoms with Gasteiger partial charge in [0.1, 0.15) is 17.4 Å². The second-order valence-corrected chi connectivity index (χ2v) is 10.5. The van der Waals surface area contributed by atoms with Crippen LogP contribution >= 0.6 is 15.9 Å². The molecule has 0 spiro atoms. The van der Waals surface area contributed by atoms with Gasteiger partial charge in [0.2, 0.25) is 5.95 Å². The molecule has 1 fully saturated rings. The van der Waals surface area contributed by atoms with Crippen LogP contribution in [0.4, 0.5) is 33.2 Å². The number of piperidine rings is 1. The van der Waals surface area contributed by atoms with Gasteiger partial charge in [-0.3, -0.25) is 0 Å². The Morgan fingerprint density at radius 1 is 1.11 bits per heavy atom. The summed E-state index contributed by atoms with van der Waals surface area (Å²) in [6.07, 6.45) is 3.86. The molecule has 0 atom stereocenters. The summed E-state index contributed by atoms with van der Waals surface area (Å²) in [6, 6.07) is 8.26. The summed E-state index contributed by atoms with van der Waals surface area (Å²) in [5.74, 6) is 1.11. The standard InChI is InChI=1S/C27H33BrFN5O3/c1-16-12-23(34-10-8-18(36-4)9-11-34)24(37-5)14-21(16)32-26-30-15-20(28)25(33-26)31-22-13-17(29)6-7-19(22)27(2,3)35/h6-7,12-15,18,35H,8-11H2,1-5H3,(H2,30,31,32,33). The number of aryl methyl sites for hydroxylation is 1. The Hall–Kier alpha value is -2.95. The highest BCUT2D eigenvalue weighted by molar-refractivity contribution is 9.10. The number of benzene rings is 2. The van der Waals surface area contributed by atoms with Gasteiger partial charge in [-0.1, -0.05) is 6.07 Å². The summed E-state index contributed by atoms with van der Waals surface area (Å²) in [5.41, 5.74) is 2.65. The SMILES string of the molecule is COc1cc(Nc2ncc(Br)c(Nc3cc(F)ccc3C(C)(C)O)n2)c(C)cc1N1CCC(OC)CC1. The summed E-state index contributed by atoms with van der Waals surface area (Å²) >= 11 is 3.46. The van der Waals surface area contributed by atoms with E-state index in [1.165, 1.54) is 12.1 Å². The van der Waals surface area contributed by atoms with E-state index < -0.39 is 11.4 Å². The first-order chi connectivity index (χ1) is 17.6. The van der Waals surface area contributed by atoms with Gasteiger partial charge in [0.25, 0.3) is 0 Å². The number of aliphatic hydroxyl groups is 1. The zero-order valence-electron chi connectivity index (χ0n) is 21.7. The number of ether oxygens (including phenoxy) is 2. The molecule has 1 saturated heterocycles. The molecule has 0 saturated carbocycles. The first-order valence-electron chi connectivity index (χ1n) is 12.1. The van der Waals surface area contributed by atoms with Gasteiger partial charge in [-0.15, -0.1) is 0 Å². The van der Waals surface area contributed by atoms with E-state index in [0.29, 0.717) is 33.6 Å². The minimum atomic E-state index is -1.18. The maximum atomic E-state index is 14.0. The molecule has 3 N–H and O–H groups in total.